The summed E-state index contributed by atoms with van der Waals surface area (Å²) in [5.41, 5.74) is 0.774. The lowest BCUT2D eigenvalue weighted by atomic mass is 10.2. The van der Waals surface area contributed by atoms with E-state index in [1.165, 1.54) is 44.6 Å². The average molecular weight is 396 g/mol. The van der Waals surface area contributed by atoms with Crippen LogP contribution in [0.2, 0.25) is 0 Å². The van der Waals surface area contributed by atoms with Crippen LogP contribution in [0.4, 0.5) is 15.8 Å². The molecular weight excluding hydrogens is 375 g/mol. The van der Waals surface area contributed by atoms with E-state index < -0.39 is 15.8 Å². The first kappa shape index (κ1) is 19.2. The van der Waals surface area contributed by atoms with Crippen molar-refractivity contribution >= 4 is 21.4 Å². The molecule has 0 radical (unpaired) electrons. The zero-order chi connectivity index (χ0) is 19.4. The number of sulfonamides is 1. The van der Waals surface area contributed by atoms with Gasteiger partial charge in [-0.25, -0.2) is 12.8 Å². The van der Waals surface area contributed by atoms with Gasteiger partial charge in [0.25, 0.3) is 10.0 Å². The van der Waals surface area contributed by atoms with Gasteiger partial charge in [-0.05, 0) is 24.3 Å². The molecule has 0 aliphatic carbocycles. The molecule has 0 aromatic heterocycles. The van der Waals surface area contributed by atoms with Crippen molar-refractivity contribution in [1.29, 1.82) is 0 Å². The van der Waals surface area contributed by atoms with Crippen LogP contribution in [-0.2, 0) is 14.8 Å². The van der Waals surface area contributed by atoms with E-state index in [0.717, 1.165) is 0 Å². The van der Waals surface area contributed by atoms with Gasteiger partial charge in [0, 0.05) is 25.2 Å². The van der Waals surface area contributed by atoms with Crippen molar-refractivity contribution in [2.75, 3.05) is 50.1 Å². The van der Waals surface area contributed by atoms with E-state index in [4.69, 9.17) is 14.2 Å². The molecule has 0 saturated carbocycles. The van der Waals surface area contributed by atoms with Gasteiger partial charge in [0.1, 0.15) is 5.82 Å². The van der Waals surface area contributed by atoms with Crippen LogP contribution in [0.1, 0.15) is 0 Å². The molecule has 1 fully saturated rings. The molecule has 0 unspecified atom stereocenters. The van der Waals surface area contributed by atoms with Crippen molar-refractivity contribution in [3.63, 3.8) is 0 Å². The Morgan fingerprint density at radius 1 is 1.04 bits per heavy atom. The Morgan fingerprint density at radius 3 is 2.41 bits per heavy atom. The van der Waals surface area contributed by atoms with E-state index in [1.807, 2.05) is 4.90 Å². The van der Waals surface area contributed by atoms with Crippen molar-refractivity contribution in [3.05, 3.63) is 42.2 Å². The van der Waals surface area contributed by atoms with Gasteiger partial charge in [-0.15, -0.1) is 0 Å². The Hall–Kier alpha value is -2.52. The molecule has 9 heteroatoms. The van der Waals surface area contributed by atoms with Gasteiger partial charge in [-0.3, -0.25) is 4.72 Å². The first-order chi connectivity index (χ1) is 12.9. The molecule has 0 atom stereocenters. The van der Waals surface area contributed by atoms with Crippen LogP contribution in [0.3, 0.4) is 0 Å². The average Bonchev–Trinajstić information content (AvgIpc) is 2.68. The van der Waals surface area contributed by atoms with Gasteiger partial charge in [0.15, 0.2) is 11.5 Å². The lowest BCUT2D eigenvalue weighted by molar-refractivity contribution is 0.123. The monoisotopic (exact) mass is 396 g/mol. The van der Waals surface area contributed by atoms with Gasteiger partial charge in [0.05, 0.1) is 43.7 Å². The SMILES string of the molecule is COc1ccc(S(=O)(=O)Nc2cc(F)ccc2N2CCOCC2)cc1OC. The molecule has 1 aliphatic heterocycles. The van der Waals surface area contributed by atoms with Gasteiger partial charge in [-0.1, -0.05) is 0 Å². The summed E-state index contributed by atoms with van der Waals surface area (Å²) in [6, 6.07) is 8.29. The van der Waals surface area contributed by atoms with Crippen LogP contribution >= 0.6 is 0 Å². The second kappa shape index (κ2) is 8.01. The van der Waals surface area contributed by atoms with Crippen molar-refractivity contribution in [2.24, 2.45) is 0 Å². The maximum absolute atomic E-state index is 13.8. The summed E-state index contributed by atoms with van der Waals surface area (Å²) in [6.07, 6.45) is 0. The van der Waals surface area contributed by atoms with E-state index in [-0.39, 0.29) is 16.3 Å². The van der Waals surface area contributed by atoms with Crippen LogP contribution in [-0.4, -0.2) is 48.9 Å². The van der Waals surface area contributed by atoms with E-state index in [2.05, 4.69) is 4.72 Å². The first-order valence-electron chi connectivity index (χ1n) is 8.31. The molecule has 1 heterocycles. The maximum atomic E-state index is 13.8. The molecule has 146 valence electrons. The molecule has 0 spiro atoms. The smallest absolute Gasteiger partial charge is 0.262 e. The lowest BCUT2D eigenvalue weighted by Gasteiger charge is -2.30. The third-order valence-electron chi connectivity index (χ3n) is 4.22. The Balaban J connectivity index is 1.95. The highest BCUT2D eigenvalue weighted by Crippen LogP contribution is 2.33. The Labute approximate surface area is 157 Å². The summed E-state index contributed by atoms with van der Waals surface area (Å²) < 4.78 is 57.6. The van der Waals surface area contributed by atoms with E-state index in [1.54, 1.807) is 6.07 Å². The number of hydrogen-bond acceptors (Lipinski definition) is 6. The second-order valence-corrected chi connectivity index (χ2v) is 7.57. The molecule has 1 saturated heterocycles. The minimum absolute atomic E-state index is 0.0164. The summed E-state index contributed by atoms with van der Waals surface area (Å²) in [6.45, 7) is 2.24. The molecule has 7 nitrogen and oxygen atoms in total. The van der Waals surface area contributed by atoms with Crippen molar-refractivity contribution in [3.8, 4) is 11.5 Å². The standard InChI is InChI=1S/C18H21FN2O5S/c1-24-17-6-4-14(12-18(17)25-2)27(22,23)20-15-11-13(19)3-5-16(15)21-7-9-26-10-8-21/h3-6,11-12,20H,7-10H2,1-2H3. The molecule has 27 heavy (non-hydrogen) atoms. The Bertz CT molecular complexity index is 914. The zero-order valence-electron chi connectivity index (χ0n) is 15.1. The van der Waals surface area contributed by atoms with Crippen LogP contribution in [0.25, 0.3) is 0 Å². The number of benzene rings is 2. The zero-order valence-corrected chi connectivity index (χ0v) is 15.9. The number of methoxy groups -OCH3 is 2. The van der Waals surface area contributed by atoms with Crippen molar-refractivity contribution in [1.82, 2.24) is 0 Å². The van der Waals surface area contributed by atoms with E-state index in [0.29, 0.717) is 37.7 Å². The van der Waals surface area contributed by atoms with Gasteiger partial charge in [0.2, 0.25) is 0 Å². The summed E-state index contributed by atoms with van der Waals surface area (Å²) in [4.78, 5) is 1.94. The summed E-state index contributed by atoms with van der Waals surface area (Å²) in [5, 5.41) is 0. The molecule has 3 rings (SSSR count). The summed E-state index contributed by atoms with van der Waals surface area (Å²) in [5.74, 6) is 0.168. The fourth-order valence-corrected chi connectivity index (χ4v) is 3.94. The Kier molecular flexibility index (Phi) is 5.71. The number of hydrogen-bond donors (Lipinski definition) is 1. The number of anilines is 2. The number of morpholine rings is 1. The van der Waals surface area contributed by atoms with Crippen LogP contribution in [0, 0.1) is 5.82 Å². The van der Waals surface area contributed by atoms with Crippen LogP contribution in [0.15, 0.2) is 41.3 Å². The molecular formula is C18H21FN2O5S. The summed E-state index contributed by atoms with van der Waals surface area (Å²) in [7, 11) is -1.07. The summed E-state index contributed by atoms with van der Waals surface area (Å²) >= 11 is 0. The minimum Gasteiger partial charge on any atom is -0.493 e. The topological polar surface area (TPSA) is 77.1 Å². The molecule has 0 amide bonds. The lowest BCUT2D eigenvalue weighted by Crippen LogP contribution is -2.36. The van der Waals surface area contributed by atoms with Crippen molar-refractivity contribution in [2.45, 2.75) is 4.90 Å². The van der Waals surface area contributed by atoms with Gasteiger partial charge < -0.3 is 19.1 Å². The van der Waals surface area contributed by atoms with Gasteiger partial charge in [-0.2, -0.15) is 0 Å². The highest BCUT2D eigenvalue weighted by atomic mass is 32.2. The number of halogens is 1. The maximum Gasteiger partial charge on any atom is 0.262 e. The van der Waals surface area contributed by atoms with Crippen molar-refractivity contribution < 1.29 is 27.0 Å². The third kappa shape index (κ3) is 4.25. The fourth-order valence-electron chi connectivity index (χ4n) is 2.86. The highest BCUT2D eigenvalue weighted by molar-refractivity contribution is 7.92. The predicted molar refractivity (Wildman–Crippen MR) is 99.8 cm³/mol. The number of nitrogens with one attached hydrogen (secondary N) is 1. The predicted octanol–water partition coefficient (Wildman–Crippen LogP) is 2.48. The highest BCUT2D eigenvalue weighted by Gasteiger charge is 2.22. The van der Waals surface area contributed by atoms with Crippen LogP contribution in [0.5, 0.6) is 11.5 Å². The molecule has 2 aromatic carbocycles. The molecule has 2 aromatic rings. The quantitative estimate of drug-likeness (QED) is 0.808. The molecule has 1 aliphatic rings. The number of rotatable bonds is 6. The molecule has 1 N–H and O–H groups in total. The van der Waals surface area contributed by atoms with E-state index in [9.17, 15) is 12.8 Å². The second-order valence-electron chi connectivity index (χ2n) is 5.88. The fraction of sp³-hybridized carbons (Fsp3) is 0.333. The van der Waals surface area contributed by atoms with E-state index >= 15 is 0 Å². The van der Waals surface area contributed by atoms with Crippen LogP contribution < -0.4 is 19.1 Å². The largest absolute Gasteiger partial charge is 0.493 e. The third-order valence-corrected chi connectivity index (χ3v) is 5.58. The molecule has 0 bridgehead atoms. The normalized spacial score (nSPS) is 14.7. The minimum atomic E-state index is -3.96. The Morgan fingerprint density at radius 2 is 1.74 bits per heavy atom. The number of nitrogens with zero attached hydrogens (tertiary/aromatic N) is 1. The van der Waals surface area contributed by atoms with Gasteiger partial charge >= 0.3 is 0 Å². The number of ether oxygens (including phenoxy) is 3. The first-order valence-corrected chi connectivity index (χ1v) is 9.80.